The van der Waals surface area contributed by atoms with Gasteiger partial charge in [-0.1, -0.05) is 23.7 Å². The molecule has 3 N–H and O–H groups in total. The molecule has 2 heterocycles. The van der Waals surface area contributed by atoms with E-state index in [1.165, 1.54) is 7.11 Å². The molecule has 1 aromatic carbocycles. The third kappa shape index (κ3) is 6.63. The number of carbonyl (C=O) groups is 1. The molecule has 30 heavy (non-hydrogen) atoms. The molecule has 0 aliphatic carbocycles. The number of ether oxygens (including phenoxy) is 1. The second-order valence-corrected chi connectivity index (χ2v) is 7.03. The van der Waals surface area contributed by atoms with Crippen molar-refractivity contribution in [1.82, 2.24) is 15.6 Å². The standard InChI is InChI=1S/C20H25ClN6O2.HI/c1-22-19(24-12-14-5-7-15(8-6-14)26-20(28)29-2)25-16-9-11-27(13-16)18-17(21)4-3-10-23-18;/h3-8,10,16H,9,11-13H2,1-2H3,(H,26,28)(H2,22,24,25);1H. The summed E-state index contributed by atoms with van der Waals surface area (Å²) in [5, 5.41) is 10.1. The van der Waals surface area contributed by atoms with Gasteiger partial charge in [0.25, 0.3) is 0 Å². The van der Waals surface area contributed by atoms with Gasteiger partial charge < -0.3 is 20.3 Å². The summed E-state index contributed by atoms with van der Waals surface area (Å²) in [4.78, 5) is 22.1. The number of aliphatic imine (C=N–C) groups is 1. The van der Waals surface area contributed by atoms with E-state index in [0.29, 0.717) is 17.3 Å². The van der Waals surface area contributed by atoms with Gasteiger partial charge >= 0.3 is 6.09 Å². The highest BCUT2D eigenvalue weighted by molar-refractivity contribution is 14.0. The predicted molar refractivity (Wildman–Crippen MR) is 131 cm³/mol. The number of rotatable bonds is 5. The molecular weight excluding hydrogens is 519 g/mol. The van der Waals surface area contributed by atoms with Crippen LogP contribution in [-0.2, 0) is 11.3 Å². The fourth-order valence-corrected chi connectivity index (χ4v) is 3.37. The number of pyridine rings is 1. The number of nitrogens with one attached hydrogen (secondary N) is 3. The van der Waals surface area contributed by atoms with Crippen LogP contribution in [0, 0.1) is 0 Å². The molecule has 1 aliphatic rings. The molecule has 8 nitrogen and oxygen atoms in total. The molecule has 0 saturated carbocycles. The number of nitrogens with zero attached hydrogens (tertiary/aromatic N) is 3. The highest BCUT2D eigenvalue weighted by Crippen LogP contribution is 2.25. The zero-order chi connectivity index (χ0) is 20.6. The van der Waals surface area contributed by atoms with Crippen LogP contribution in [0.4, 0.5) is 16.3 Å². The number of methoxy groups -OCH3 is 1. The molecular formula is C20H26ClIN6O2. The summed E-state index contributed by atoms with van der Waals surface area (Å²) in [5.41, 5.74) is 1.75. The monoisotopic (exact) mass is 544 g/mol. The maximum atomic E-state index is 11.2. The van der Waals surface area contributed by atoms with E-state index in [-0.39, 0.29) is 30.0 Å². The first kappa shape index (κ1) is 24.0. The number of halogens is 2. The number of carbonyl (C=O) groups excluding carboxylic acids is 1. The van der Waals surface area contributed by atoms with Gasteiger partial charge in [0.1, 0.15) is 5.82 Å². The zero-order valence-corrected chi connectivity index (χ0v) is 20.0. The number of aromatic nitrogens is 1. The molecule has 0 radical (unpaired) electrons. The number of hydrogen-bond acceptors (Lipinski definition) is 5. The molecule has 1 fully saturated rings. The van der Waals surface area contributed by atoms with Gasteiger partial charge in [0, 0.05) is 44.6 Å². The van der Waals surface area contributed by atoms with Crippen LogP contribution in [0.2, 0.25) is 5.02 Å². The summed E-state index contributed by atoms with van der Waals surface area (Å²) < 4.78 is 4.58. The number of amides is 1. The van der Waals surface area contributed by atoms with Crippen LogP contribution in [-0.4, -0.2) is 50.3 Å². The molecule has 1 unspecified atom stereocenters. The van der Waals surface area contributed by atoms with Crippen molar-refractivity contribution in [3.8, 4) is 0 Å². The van der Waals surface area contributed by atoms with Crippen LogP contribution in [0.5, 0.6) is 0 Å². The molecule has 1 saturated heterocycles. The minimum atomic E-state index is -0.488. The maximum absolute atomic E-state index is 11.2. The quantitative estimate of drug-likeness (QED) is 0.303. The lowest BCUT2D eigenvalue weighted by atomic mass is 10.2. The summed E-state index contributed by atoms with van der Waals surface area (Å²) in [6.07, 6.45) is 2.24. The van der Waals surface area contributed by atoms with Gasteiger partial charge in [-0.05, 0) is 36.2 Å². The molecule has 2 aromatic rings. The van der Waals surface area contributed by atoms with Crippen molar-refractivity contribution in [2.75, 3.05) is 37.5 Å². The lowest BCUT2D eigenvalue weighted by Gasteiger charge is -2.20. The van der Waals surface area contributed by atoms with E-state index in [2.05, 4.69) is 35.6 Å². The highest BCUT2D eigenvalue weighted by atomic mass is 127. The van der Waals surface area contributed by atoms with Crippen molar-refractivity contribution in [2.45, 2.75) is 19.0 Å². The Hall–Kier alpha value is -2.27. The van der Waals surface area contributed by atoms with E-state index in [0.717, 1.165) is 36.9 Å². The van der Waals surface area contributed by atoms with E-state index in [9.17, 15) is 4.79 Å². The summed E-state index contributed by atoms with van der Waals surface area (Å²) in [6, 6.07) is 11.5. The summed E-state index contributed by atoms with van der Waals surface area (Å²) >= 11 is 6.26. The first-order valence-electron chi connectivity index (χ1n) is 9.35. The fraction of sp³-hybridized carbons (Fsp3) is 0.350. The van der Waals surface area contributed by atoms with Crippen LogP contribution in [0.1, 0.15) is 12.0 Å². The number of benzene rings is 1. The largest absolute Gasteiger partial charge is 0.453 e. The van der Waals surface area contributed by atoms with Crippen LogP contribution < -0.4 is 20.9 Å². The zero-order valence-electron chi connectivity index (χ0n) is 16.9. The predicted octanol–water partition coefficient (Wildman–Crippen LogP) is 3.48. The Balaban J connectivity index is 0.00000320. The Bertz CT molecular complexity index is 865. The van der Waals surface area contributed by atoms with Gasteiger partial charge in [0.05, 0.1) is 12.1 Å². The normalized spacial score (nSPS) is 15.9. The van der Waals surface area contributed by atoms with Crippen LogP contribution >= 0.6 is 35.6 Å². The molecule has 162 valence electrons. The van der Waals surface area contributed by atoms with Crippen molar-refractivity contribution in [1.29, 1.82) is 0 Å². The molecule has 1 aliphatic heterocycles. The first-order chi connectivity index (χ1) is 14.1. The van der Waals surface area contributed by atoms with Crippen molar-refractivity contribution < 1.29 is 9.53 Å². The lowest BCUT2D eigenvalue weighted by Crippen LogP contribution is -2.44. The van der Waals surface area contributed by atoms with Gasteiger partial charge in [-0.2, -0.15) is 0 Å². The van der Waals surface area contributed by atoms with Crippen LogP contribution in [0.3, 0.4) is 0 Å². The smallest absolute Gasteiger partial charge is 0.411 e. The highest BCUT2D eigenvalue weighted by Gasteiger charge is 2.25. The van der Waals surface area contributed by atoms with E-state index < -0.39 is 6.09 Å². The Morgan fingerprint density at radius 2 is 2.10 bits per heavy atom. The Morgan fingerprint density at radius 3 is 2.77 bits per heavy atom. The van der Waals surface area contributed by atoms with E-state index >= 15 is 0 Å². The molecule has 1 aromatic heterocycles. The third-order valence-electron chi connectivity index (χ3n) is 4.64. The van der Waals surface area contributed by atoms with Gasteiger partial charge in [0.2, 0.25) is 0 Å². The minimum absolute atomic E-state index is 0. The van der Waals surface area contributed by atoms with Gasteiger partial charge in [-0.15, -0.1) is 24.0 Å². The van der Waals surface area contributed by atoms with Gasteiger partial charge in [0.15, 0.2) is 5.96 Å². The topological polar surface area (TPSA) is 90.9 Å². The number of guanidine groups is 1. The molecule has 1 atom stereocenters. The third-order valence-corrected chi connectivity index (χ3v) is 4.93. The maximum Gasteiger partial charge on any atom is 0.411 e. The van der Waals surface area contributed by atoms with Crippen molar-refractivity contribution in [3.63, 3.8) is 0 Å². The Labute approximate surface area is 198 Å². The SMILES string of the molecule is CN=C(NCc1ccc(NC(=O)OC)cc1)NC1CCN(c2ncccc2Cl)C1.I. The molecule has 10 heteroatoms. The average molecular weight is 545 g/mol. The van der Waals surface area contributed by atoms with E-state index in [1.54, 1.807) is 13.2 Å². The summed E-state index contributed by atoms with van der Waals surface area (Å²) in [5.74, 6) is 1.56. The van der Waals surface area contributed by atoms with Crippen LogP contribution in [0.15, 0.2) is 47.6 Å². The number of anilines is 2. The number of hydrogen-bond donors (Lipinski definition) is 3. The second kappa shape index (κ2) is 11.8. The molecule has 3 rings (SSSR count). The fourth-order valence-electron chi connectivity index (χ4n) is 3.13. The average Bonchev–Trinajstić information content (AvgIpc) is 3.20. The molecule has 0 spiro atoms. The lowest BCUT2D eigenvalue weighted by molar-refractivity contribution is 0.187. The van der Waals surface area contributed by atoms with Gasteiger partial charge in [-0.3, -0.25) is 10.3 Å². The Morgan fingerprint density at radius 1 is 1.33 bits per heavy atom. The van der Waals surface area contributed by atoms with E-state index in [1.807, 2.05) is 36.4 Å². The van der Waals surface area contributed by atoms with Crippen molar-refractivity contribution in [2.24, 2.45) is 4.99 Å². The van der Waals surface area contributed by atoms with E-state index in [4.69, 9.17) is 11.6 Å². The second-order valence-electron chi connectivity index (χ2n) is 6.62. The molecule has 0 bridgehead atoms. The first-order valence-corrected chi connectivity index (χ1v) is 9.73. The van der Waals surface area contributed by atoms with Gasteiger partial charge in [-0.25, -0.2) is 9.78 Å². The minimum Gasteiger partial charge on any atom is -0.453 e. The van der Waals surface area contributed by atoms with Crippen molar-refractivity contribution in [3.05, 3.63) is 53.2 Å². The molecule has 1 amide bonds. The van der Waals surface area contributed by atoms with Crippen molar-refractivity contribution >= 4 is 59.1 Å². The van der Waals surface area contributed by atoms with Crippen LogP contribution in [0.25, 0.3) is 0 Å². The Kier molecular flexibility index (Phi) is 9.44. The summed E-state index contributed by atoms with van der Waals surface area (Å²) in [7, 11) is 3.09. The summed E-state index contributed by atoms with van der Waals surface area (Å²) in [6.45, 7) is 2.31.